The number of aryl methyl sites for hydroxylation is 1. The van der Waals surface area contributed by atoms with Gasteiger partial charge < -0.3 is 5.32 Å². The van der Waals surface area contributed by atoms with Gasteiger partial charge in [-0.2, -0.15) is 0 Å². The Kier molecular flexibility index (Phi) is 5.68. The lowest BCUT2D eigenvalue weighted by Crippen LogP contribution is -2.20. The molecule has 0 aliphatic rings. The summed E-state index contributed by atoms with van der Waals surface area (Å²) >= 11 is 0. The van der Waals surface area contributed by atoms with Crippen molar-refractivity contribution in [1.82, 2.24) is 9.97 Å². The number of rotatable bonds is 7. The lowest BCUT2D eigenvalue weighted by atomic mass is 10.2. The Morgan fingerprint density at radius 2 is 1.88 bits per heavy atom. The zero-order chi connectivity index (χ0) is 18.6. The summed E-state index contributed by atoms with van der Waals surface area (Å²) in [5.41, 5.74) is 1.41. The number of hydrogen-bond donors (Lipinski definition) is 1. The summed E-state index contributed by atoms with van der Waals surface area (Å²) in [6, 6.07) is 7.71. The van der Waals surface area contributed by atoms with Crippen molar-refractivity contribution in [2.24, 2.45) is 0 Å². The Morgan fingerprint density at radius 3 is 2.44 bits per heavy atom. The van der Waals surface area contributed by atoms with E-state index in [1.807, 2.05) is 13.8 Å². The van der Waals surface area contributed by atoms with Crippen molar-refractivity contribution in [3.05, 3.63) is 46.1 Å². The Hall–Kier alpha value is -2.55. The van der Waals surface area contributed by atoms with Crippen LogP contribution in [0.3, 0.4) is 0 Å². The molecule has 1 aromatic heterocycles. The first kappa shape index (κ1) is 18.8. The summed E-state index contributed by atoms with van der Waals surface area (Å²) in [5.74, 6) is 1.13. The molecule has 0 fully saturated rings. The van der Waals surface area contributed by atoms with Gasteiger partial charge in [0, 0.05) is 41.8 Å². The van der Waals surface area contributed by atoms with E-state index in [0.29, 0.717) is 23.6 Å². The van der Waals surface area contributed by atoms with Gasteiger partial charge in [-0.3, -0.25) is 10.1 Å². The van der Waals surface area contributed by atoms with Crippen LogP contribution in [0, 0.1) is 17.0 Å². The maximum absolute atomic E-state index is 11.3. The van der Waals surface area contributed by atoms with E-state index in [1.54, 1.807) is 18.2 Å². The smallest absolute Gasteiger partial charge is 0.269 e. The van der Waals surface area contributed by atoms with Crippen molar-refractivity contribution >= 4 is 21.3 Å². The van der Waals surface area contributed by atoms with Crippen molar-refractivity contribution in [3.8, 4) is 11.4 Å². The highest BCUT2D eigenvalue weighted by molar-refractivity contribution is 7.90. The first-order valence-corrected chi connectivity index (χ1v) is 9.75. The Balaban J connectivity index is 2.18. The number of anilines is 1. The van der Waals surface area contributed by atoms with Crippen LogP contribution in [-0.2, 0) is 9.84 Å². The molecule has 1 atom stereocenters. The SMILES string of the molecule is Cc1cc(NC(C)CCS(C)(=O)=O)nc(-c2ccc([N+](=O)[O-])cc2)n1. The molecule has 0 aliphatic carbocycles. The molecule has 0 aliphatic heterocycles. The number of aromatic nitrogens is 2. The molecule has 0 saturated carbocycles. The summed E-state index contributed by atoms with van der Waals surface area (Å²) in [4.78, 5) is 19.0. The van der Waals surface area contributed by atoms with E-state index >= 15 is 0 Å². The van der Waals surface area contributed by atoms with Crippen molar-refractivity contribution in [1.29, 1.82) is 0 Å². The average Bonchev–Trinajstić information content (AvgIpc) is 2.52. The number of nitro groups is 1. The molecular formula is C16H20N4O4S. The van der Waals surface area contributed by atoms with E-state index in [1.165, 1.54) is 18.4 Å². The predicted octanol–water partition coefficient (Wildman–Crippen LogP) is 2.60. The van der Waals surface area contributed by atoms with Crippen LogP contribution < -0.4 is 5.32 Å². The van der Waals surface area contributed by atoms with Crippen LogP contribution in [-0.4, -0.2) is 41.4 Å². The molecule has 0 spiro atoms. The summed E-state index contributed by atoms with van der Waals surface area (Å²) in [6.45, 7) is 3.71. The highest BCUT2D eigenvalue weighted by Crippen LogP contribution is 2.21. The van der Waals surface area contributed by atoms with Gasteiger partial charge in [-0.25, -0.2) is 18.4 Å². The summed E-state index contributed by atoms with van der Waals surface area (Å²) in [7, 11) is -3.01. The van der Waals surface area contributed by atoms with Crippen LogP contribution in [0.25, 0.3) is 11.4 Å². The molecule has 134 valence electrons. The molecule has 0 radical (unpaired) electrons. The largest absolute Gasteiger partial charge is 0.367 e. The quantitative estimate of drug-likeness (QED) is 0.593. The topological polar surface area (TPSA) is 115 Å². The minimum absolute atomic E-state index is 0.00384. The zero-order valence-corrected chi connectivity index (χ0v) is 15.1. The van der Waals surface area contributed by atoms with E-state index in [9.17, 15) is 18.5 Å². The summed E-state index contributed by atoms with van der Waals surface area (Å²) < 4.78 is 22.5. The molecule has 1 N–H and O–H groups in total. The zero-order valence-electron chi connectivity index (χ0n) is 14.3. The van der Waals surface area contributed by atoms with E-state index in [4.69, 9.17) is 0 Å². The fourth-order valence-corrected chi connectivity index (χ4v) is 3.00. The Labute approximate surface area is 146 Å². The lowest BCUT2D eigenvalue weighted by Gasteiger charge is -2.15. The number of nitro benzene ring substituents is 1. The minimum Gasteiger partial charge on any atom is -0.367 e. The normalized spacial score (nSPS) is 12.6. The monoisotopic (exact) mass is 364 g/mol. The summed E-state index contributed by atoms with van der Waals surface area (Å²) in [5, 5.41) is 13.9. The van der Waals surface area contributed by atoms with Crippen molar-refractivity contribution in [3.63, 3.8) is 0 Å². The van der Waals surface area contributed by atoms with Crippen LogP contribution in [0.4, 0.5) is 11.5 Å². The average molecular weight is 364 g/mol. The number of nitrogens with one attached hydrogen (secondary N) is 1. The number of hydrogen-bond acceptors (Lipinski definition) is 7. The second-order valence-electron chi connectivity index (χ2n) is 5.99. The third kappa shape index (κ3) is 5.79. The van der Waals surface area contributed by atoms with Gasteiger partial charge in [0.05, 0.1) is 10.7 Å². The highest BCUT2D eigenvalue weighted by atomic mass is 32.2. The number of nitrogens with zero attached hydrogens (tertiary/aromatic N) is 3. The molecule has 0 amide bonds. The van der Waals surface area contributed by atoms with Crippen LogP contribution in [0.2, 0.25) is 0 Å². The fourth-order valence-electron chi connectivity index (χ4n) is 2.22. The molecule has 25 heavy (non-hydrogen) atoms. The number of non-ortho nitro benzene ring substituents is 1. The number of benzene rings is 1. The molecule has 0 bridgehead atoms. The van der Waals surface area contributed by atoms with Crippen LogP contribution in [0.15, 0.2) is 30.3 Å². The highest BCUT2D eigenvalue weighted by Gasteiger charge is 2.11. The van der Waals surface area contributed by atoms with Gasteiger partial charge in [-0.05, 0) is 32.4 Å². The van der Waals surface area contributed by atoms with E-state index in [0.717, 1.165) is 5.69 Å². The number of sulfone groups is 1. The first-order chi connectivity index (χ1) is 11.6. The molecule has 9 heteroatoms. The van der Waals surface area contributed by atoms with Crippen molar-refractivity contribution < 1.29 is 13.3 Å². The van der Waals surface area contributed by atoms with Crippen LogP contribution in [0.5, 0.6) is 0 Å². The molecule has 1 unspecified atom stereocenters. The van der Waals surface area contributed by atoms with Crippen LogP contribution >= 0.6 is 0 Å². The summed E-state index contributed by atoms with van der Waals surface area (Å²) in [6.07, 6.45) is 1.68. The molecule has 2 aromatic rings. The van der Waals surface area contributed by atoms with E-state index < -0.39 is 14.8 Å². The molecular weight excluding hydrogens is 344 g/mol. The second kappa shape index (κ2) is 7.56. The van der Waals surface area contributed by atoms with Crippen molar-refractivity contribution in [2.75, 3.05) is 17.3 Å². The standard InChI is InChI=1S/C16H20N4O4S/c1-11(8-9-25(3,23)24)17-15-10-12(2)18-16(19-15)13-4-6-14(7-5-13)20(21)22/h4-7,10-11H,8-9H2,1-3H3,(H,17,18,19). The Morgan fingerprint density at radius 1 is 1.24 bits per heavy atom. The van der Waals surface area contributed by atoms with E-state index in [-0.39, 0.29) is 17.5 Å². The van der Waals surface area contributed by atoms with Gasteiger partial charge in [0.15, 0.2) is 5.82 Å². The van der Waals surface area contributed by atoms with Gasteiger partial charge in [-0.1, -0.05) is 0 Å². The maximum Gasteiger partial charge on any atom is 0.269 e. The van der Waals surface area contributed by atoms with Gasteiger partial charge >= 0.3 is 0 Å². The van der Waals surface area contributed by atoms with Crippen LogP contribution in [0.1, 0.15) is 19.0 Å². The van der Waals surface area contributed by atoms with Crippen molar-refractivity contribution in [2.45, 2.75) is 26.3 Å². The second-order valence-corrected chi connectivity index (χ2v) is 8.25. The third-order valence-electron chi connectivity index (χ3n) is 3.51. The molecule has 1 aromatic carbocycles. The molecule has 2 rings (SSSR count). The third-order valence-corrected chi connectivity index (χ3v) is 4.48. The Bertz CT molecular complexity index is 866. The van der Waals surface area contributed by atoms with E-state index in [2.05, 4.69) is 15.3 Å². The van der Waals surface area contributed by atoms with Gasteiger partial charge in [0.1, 0.15) is 15.7 Å². The van der Waals surface area contributed by atoms with Gasteiger partial charge in [0.25, 0.3) is 5.69 Å². The predicted molar refractivity (Wildman–Crippen MR) is 96.3 cm³/mol. The molecule has 1 heterocycles. The molecule has 8 nitrogen and oxygen atoms in total. The van der Waals surface area contributed by atoms with Gasteiger partial charge in [-0.15, -0.1) is 0 Å². The maximum atomic E-state index is 11.3. The lowest BCUT2D eigenvalue weighted by molar-refractivity contribution is -0.384. The first-order valence-electron chi connectivity index (χ1n) is 7.69. The minimum atomic E-state index is -3.01. The molecule has 0 saturated heterocycles. The van der Waals surface area contributed by atoms with Gasteiger partial charge in [0.2, 0.25) is 0 Å². The fraction of sp³-hybridized carbons (Fsp3) is 0.375.